The zero-order valence-corrected chi connectivity index (χ0v) is 17.2. The molecule has 3 rings (SSSR count). The maximum Gasteiger partial charge on any atom is 0.344 e. The number of imide groups is 1. The third-order valence-corrected chi connectivity index (χ3v) is 5.37. The maximum absolute atomic E-state index is 12.8. The molecule has 29 heavy (non-hydrogen) atoms. The minimum Gasteiger partial charge on any atom is -0.479 e. The molecular formula is C22H21NO5S. The van der Waals surface area contributed by atoms with Crippen molar-refractivity contribution in [1.82, 2.24) is 0 Å². The first-order valence-corrected chi connectivity index (χ1v) is 9.96. The van der Waals surface area contributed by atoms with Gasteiger partial charge in [-0.25, -0.2) is 9.69 Å². The van der Waals surface area contributed by atoms with E-state index in [9.17, 15) is 14.4 Å². The van der Waals surface area contributed by atoms with Gasteiger partial charge in [0.1, 0.15) is 5.75 Å². The Labute approximate surface area is 173 Å². The normalized spacial score (nSPS) is 16.4. The van der Waals surface area contributed by atoms with Crippen molar-refractivity contribution in [2.75, 3.05) is 4.90 Å². The van der Waals surface area contributed by atoms with E-state index in [1.165, 1.54) is 4.90 Å². The van der Waals surface area contributed by atoms with Crippen LogP contribution in [0.1, 0.15) is 30.0 Å². The molecule has 7 heteroatoms. The number of benzene rings is 2. The molecule has 0 aromatic heterocycles. The second-order valence-electron chi connectivity index (χ2n) is 6.73. The van der Waals surface area contributed by atoms with Gasteiger partial charge in [0.2, 0.25) is 0 Å². The molecule has 1 unspecified atom stereocenters. The number of hydrogen-bond acceptors (Lipinski definition) is 5. The van der Waals surface area contributed by atoms with E-state index in [2.05, 4.69) is 0 Å². The van der Waals surface area contributed by atoms with Gasteiger partial charge >= 0.3 is 5.97 Å². The van der Waals surface area contributed by atoms with E-state index in [0.29, 0.717) is 28.3 Å². The maximum atomic E-state index is 12.8. The number of amides is 2. The largest absolute Gasteiger partial charge is 0.479 e. The van der Waals surface area contributed by atoms with Crippen molar-refractivity contribution in [3.05, 3.63) is 64.1 Å². The van der Waals surface area contributed by atoms with Crippen molar-refractivity contribution >= 4 is 40.6 Å². The molecule has 2 aromatic carbocycles. The fourth-order valence-corrected chi connectivity index (χ4v) is 3.74. The zero-order valence-electron chi connectivity index (χ0n) is 16.3. The second kappa shape index (κ2) is 8.53. The number of hydrogen-bond donors (Lipinski definition) is 1. The number of rotatable bonds is 6. The molecule has 1 heterocycles. The van der Waals surface area contributed by atoms with Crippen molar-refractivity contribution < 1.29 is 24.2 Å². The van der Waals surface area contributed by atoms with Crippen molar-refractivity contribution in [3.8, 4) is 5.75 Å². The minimum absolute atomic E-state index is 0.331. The summed E-state index contributed by atoms with van der Waals surface area (Å²) in [5.41, 5.74) is 3.13. The molecule has 2 amide bonds. The van der Waals surface area contributed by atoms with Crippen molar-refractivity contribution in [2.45, 2.75) is 33.3 Å². The molecule has 1 aliphatic rings. The summed E-state index contributed by atoms with van der Waals surface area (Å²) in [5.74, 6) is -0.942. The number of thioether (sulfide) groups is 1. The Morgan fingerprint density at radius 3 is 2.48 bits per heavy atom. The molecule has 2 aromatic rings. The Bertz CT molecular complexity index is 997. The van der Waals surface area contributed by atoms with Gasteiger partial charge in [-0.15, -0.1) is 0 Å². The molecule has 1 saturated heterocycles. The number of aryl methyl sites for hydroxylation is 2. The van der Waals surface area contributed by atoms with Gasteiger partial charge in [0, 0.05) is 0 Å². The third kappa shape index (κ3) is 4.51. The molecule has 0 radical (unpaired) electrons. The number of carboxylic acid groups (broad SMARTS) is 1. The van der Waals surface area contributed by atoms with Crippen LogP contribution in [-0.4, -0.2) is 28.3 Å². The van der Waals surface area contributed by atoms with Gasteiger partial charge in [-0.3, -0.25) is 9.59 Å². The average molecular weight is 411 g/mol. The lowest BCUT2D eigenvalue weighted by molar-refractivity contribution is -0.145. The van der Waals surface area contributed by atoms with Crippen LogP contribution in [-0.2, 0) is 9.59 Å². The van der Waals surface area contributed by atoms with E-state index < -0.39 is 12.1 Å². The van der Waals surface area contributed by atoms with Gasteiger partial charge in [-0.2, -0.15) is 0 Å². The first-order valence-electron chi connectivity index (χ1n) is 9.15. The fraction of sp³-hybridized carbons (Fsp3) is 0.227. The lowest BCUT2D eigenvalue weighted by Gasteiger charge is -2.16. The molecule has 6 nitrogen and oxygen atoms in total. The molecule has 1 fully saturated rings. The standard InChI is InChI=1S/C22H21NO5S/c1-4-18(21(25)26)28-16-9-7-15(8-10-16)12-19-20(24)23(22(27)29-19)17-11-13(2)5-6-14(17)3/h5-12,18H,4H2,1-3H3,(H,25,26)/b19-12+. The summed E-state index contributed by atoms with van der Waals surface area (Å²) in [4.78, 5) is 37.9. The molecule has 1 N–H and O–H groups in total. The van der Waals surface area contributed by atoms with Crippen LogP contribution < -0.4 is 9.64 Å². The van der Waals surface area contributed by atoms with Crippen LogP contribution in [0.5, 0.6) is 5.75 Å². The summed E-state index contributed by atoms with van der Waals surface area (Å²) in [6.45, 7) is 5.51. The van der Waals surface area contributed by atoms with Crippen LogP contribution in [0.2, 0.25) is 0 Å². The van der Waals surface area contributed by atoms with Gasteiger partial charge in [0.15, 0.2) is 6.10 Å². The Hall–Kier alpha value is -3.06. The quantitative estimate of drug-likeness (QED) is 0.688. The number of carbonyl (C=O) groups is 3. The first-order chi connectivity index (χ1) is 13.8. The fourth-order valence-electron chi connectivity index (χ4n) is 2.90. The Morgan fingerprint density at radius 1 is 1.17 bits per heavy atom. The molecule has 1 aliphatic heterocycles. The molecule has 0 aliphatic carbocycles. The summed E-state index contributed by atoms with van der Waals surface area (Å²) >= 11 is 0.898. The first kappa shape index (κ1) is 20.7. The smallest absolute Gasteiger partial charge is 0.344 e. The molecule has 1 atom stereocenters. The van der Waals surface area contributed by atoms with Gasteiger partial charge in [-0.05, 0) is 73.0 Å². The summed E-state index contributed by atoms with van der Waals surface area (Å²) in [6.07, 6.45) is 1.09. The Kier molecular flexibility index (Phi) is 6.08. The number of carboxylic acids is 1. The monoisotopic (exact) mass is 411 g/mol. The van der Waals surface area contributed by atoms with E-state index in [4.69, 9.17) is 9.84 Å². The van der Waals surface area contributed by atoms with Gasteiger partial charge in [-0.1, -0.05) is 31.2 Å². The van der Waals surface area contributed by atoms with Crippen LogP contribution in [0.4, 0.5) is 10.5 Å². The van der Waals surface area contributed by atoms with Crippen LogP contribution in [0.15, 0.2) is 47.4 Å². The van der Waals surface area contributed by atoms with E-state index >= 15 is 0 Å². The molecule has 0 saturated carbocycles. The number of nitrogens with zero attached hydrogens (tertiary/aromatic N) is 1. The predicted octanol–water partition coefficient (Wildman–Crippen LogP) is 4.79. The van der Waals surface area contributed by atoms with Gasteiger partial charge in [0.05, 0.1) is 10.6 Å². The van der Waals surface area contributed by atoms with E-state index in [-0.39, 0.29) is 11.1 Å². The number of aliphatic carboxylic acids is 1. The minimum atomic E-state index is -1.02. The Balaban J connectivity index is 1.81. The van der Waals surface area contributed by atoms with Crippen LogP contribution in [0.25, 0.3) is 6.08 Å². The molecular weight excluding hydrogens is 390 g/mol. The molecule has 0 spiro atoms. The van der Waals surface area contributed by atoms with Crippen LogP contribution >= 0.6 is 11.8 Å². The van der Waals surface area contributed by atoms with Crippen LogP contribution in [0.3, 0.4) is 0 Å². The zero-order chi connectivity index (χ0) is 21.1. The summed E-state index contributed by atoms with van der Waals surface area (Å²) < 4.78 is 5.43. The van der Waals surface area contributed by atoms with E-state index in [0.717, 1.165) is 22.9 Å². The predicted molar refractivity (Wildman–Crippen MR) is 113 cm³/mol. The second-order valence-corrected chi connectivity index (χ2v) is 7.72. The van der Waals surface area contributed by atoms with Crippen molar-refractivity contribution in [1.29, 1.82) is 0 Å². The topological polar surface area (TPSA) is 83.9 Å². The van der Waals surface area contributed by atoms with Crippen molar-refractivity contribution in [2.24, 2.45) is 0 Å². The highest BCUT2D eigenvalue weighted by atomic mass is 32.2. The third-order valence-electron chi connectivity index (χ3n) is 4.50. The Morgan fingerprint density at radius 2 is 1.86 bits per heavy atom. The highest BCUT2D eigenvalue weighted by Crippen LogP contribution is 2.37. The van der Waals surface area contributed by atoms with Gasteiger partial charge in [0.25, 0.3) is 11.1 Å². The number of ether oxygens (including phenoxy) is 1. The highest BCUT2D eigenvalue weighted by molar-refractivity contribution is 8.19. The van der Waals surface area contributed by atoms with Crippen molar-refractivity contribution in [3.63, 3.8) is 0 Å². The summed E-state index contributed by atoms with van der Waals surface area (Å²) in [5, 5.41) is 8.75. The molecule has 0 bridgehead atoms. The molecule has 150 valence electrons. The summed E-state index contributed by atoms with van der Waals surface area (Å²) in [6, 6.07) is 12.4. The number of carbonyl (C=O) groups excluding carboxylic acids is 2. The van der Waals surface area contributed by atoms with Crippen LogP contribution in [0, 0.1) is 13.8 Å². The average Bonchev–Trinajstić information content (AvgIpc) is 2.96. The lowest BCUT2D eigenvalue weighted by atomic mass is 10.1. The number of anilines is 1. The van der Waals surface area contributed by atoms with Gasteiger partial charge < -0.3 is 9.84 Å². The van der Waals surface area contributed by atoms with E-state index in [1.54, 1.807) is 37.3 Å². The highest BCUT2D eigenvalue weighted by Gasteiger charge is 2.37. The lowest BCUT2D eigenvalue weighted by Crippen LogP contribution is -2.28. The SMILES string of the molecule is CCC(Oc1ccc(/C=C2/SC(=O)N(c3cc(C)ccc3C)C2=O)cc1)C(=O)O. The van der Waals surface area contributed by atoms with E-state index in [1.807, 2.05) is 32.0 Å². The summed E-state index contributed by atoms with van der Waals surface area (Å²) in [7, 11) is 0.